The fraction of sp³-hybridized carbons (Fsp3) is 1.00. The fourth-order valence-corrected chi connectivity index (χ4v) is 4.33. The molecular weight excluding hydrogens is 335 g/mol. The molecule has 0 rings (SSSR count). The second-order valence-electron chi connectivity index (χ2n) is 7.15. The predicted octanol–water partition coefficient (Wildman–Crippen LogP) is 7.40. The zero-order valence-electron chi connectivity index (χ0n) is 17.2. The Kier molecular flexibility index (Phi) is 16.4. The number of hydrogen-bond donors (Lipinski definition) is 1. The van der Waals surface area contributed by atoms with Gasteiger partial charge >= 0.3 is 7.82 Å². The minimum absolute atomic E-state index is 0.181. The summed E-state index contributed by atoms with van der Waals surface area (Å²) in [6.45, 7) is 8.40. The highest BCUT2D eigenvalue weighted by molar-refractivity contribution is 7.47. The fourth-order valence-electron chi connectivity index (χ4n) is 3.02. The molecule has 0 heterocycles. The van der Waals surface area contributed by atoms with E-state index in [0.29, 0.717) is 0 Å². The van der Waals surface area contributed by atoms with Crippen molar-refractivity contribution in [2.75, 3.05) is 0 Å². The van der Waals surface area contributed by atoms with Gasteiger partial charge in [-0.25, -0.2) is 4.57 Å². The molecule has 0 bridgehead atoms. The highest BCUT2D eigenvalue weighted by Crippen LogP contribution is 2.48. The van der Waals surface area contributed by atoms with Crippen LogP contribution >= 0.6 is 7.82 Å². The van der Waals surface area contributed by atoms with Crippen LogP contribution in [0.15, 0.2) is 0 Å². The Hall–Kier alpha value is 0.110. The molecule has 0 radical (unpaired) electrons. The Morgan fingerprint density at radius 2 is 1.04 bits per heavy atom. The molecule has 0 aromatic heterocycles. The van der Waals surface area contributed by atoms with Crippen LogP contribution in [0.4, 0.5) is 0 Å². The van der Waals surface area contributed by atoms with Crippen LogP contribution in [0.2, 0.25) is 0 Å². The third-order valence-electron chi connectivity index (χ3n) is 4.73. The second-order valence-corrected chi connectivity index (χ2v) is 8.50. The zero-order valence-corrected chi connectivity index (χ0v) is 18.1. The van der Waals surface area contributed by atoms with E-state index in [4.69, 9.17) is 9.05 Å². The third-order valence-corrected chi connectivity index (χ3v) is 5.86. The first-order chi connectivity index (χ1) is 12.0. The summed E-state index contributed by atoms with van der Waals surface area (Å²) < 4.78 is 23.3. The normalized spacial score (nSPS) is 16.5. The summed E-state index contributed by atoms with van der Waals surface area (Å²) >= 11 is 0. The molecule has 0 aliphatic rings. The lowest BCUT2D eigenvalue weighted by molar-refractivity contribution is 0.0627. The average molecular weight is 379 g/mol. The van der Waals surface area contributed by atoms with E-state index in [9.17, 15) is 9.46 Å². The van der Waals surface area contributed by atoms with Crippen LogP contribution < -0.4 is 0 Å². The monoisotopic (exact) mass is 378 g/mol. The molecule has 1 N–H and O–H groups in total. The standard InChI is InChI=1S/C20H43O4P/c1-5-9-11-13-15-17-19(7-3)23-25(21,22)24-20(8-4)18-16-14-12-10-6-2/h19-20H,5-18H2,1-4H3,(H,21,22). The van der Waals surface area contributed by atoms with Crippen molar-refractivity contribution < 1.29 is 18.5 Å². The van der Waals surface area contributed by atoms with Gasteiger partial charge in [-0.15, -0.1) is 0 Å². The number of phosphoric acid groups is 1. The van der Waals surface area contributed by atoms with Crippen LogP contribution in [-0.4, -0.2) is 17.1 Å². The number of rotatable bonds is 18. The minimum Gasteiger partial charge on any atom is -0.302 e. The van der Waals surface area contributed by atoms with Crippen molar-refractivity contribution in [1.82, 2.24) is 0 Å². The van der Waals surface area contributed by atoms with Gasteiger partial charge in [0.1, 0.15) is 0 Å². The predicted molar refractivity (Wildman–Crippen MR) is 107 cm³/mol. The Labute approximate surface area is 156 Å². The van der Waals surface area contributed by atoms with Crippen LogP contribution in [0.1, 0.15) is 118 Å². The van der Waals surface area contributed by atoms with E-state index >= 15 is 0 Å². The lowest BCUT2D eigenvalue weighted by Crippen LogP contribution is -2.16. The summed E-state index contributed by atoms with van der Waals surface area (Å²) in [7, 11) is -3.96. The van der Waals surface area contributed by atoms with Gasteiger partial charge in [0.25, 0.3) is 0 Å². The van der Waals surface area contributed by atoms with Crippen molar-refractivity contribution >= 4 is 7.82 Å². The van der Waals surface area contributed by atoms with Gasteiger partial charge in [0.2, 0.25) is 0 Å². The number of hydrogen-bond acceptors (Lipinski definition) is 3. The first-order valence-corrected chi connectivity index (χ1v) is 12.2. The molecule has 0 aliphatic heterocycles. The highest BCUT2D eigenvalue weighted by Gasteiger charge is 2.28. The molecular formula is C20H43O4P. The van der Waals surface area contributed by atoms with E-state index in [2.05, 4.69) is 13.8 Å². The summed E-state index contributed by atoms with van der Waals surface area (Å²) in [4.78, 5) is 10.1. The summed E-state index contributed by atoms with van der Waals surface area (Å²) in [6, 6.07) is 0. The molecule has 5 heteroatoms. The lowest BCUT2D eigenvalue weighted by atomic mass is 10.1. The van der Waals surface area contributed by atoms with Crippen molar-refractivity contribution in [3.63, 3.8) is 0 Å². The molecule has 152 valence electrons. The van der Waals surface area contributed by atoms with Crippen LogP contribution in [0.25, 0.3) is 0 Å². The summed E-state index contributed by atoms with van der Waals surface area (Å²) in [5.41, 5.74) is 0. The molecule has 0 amide bonds. The summed E-state index contributed by atoms with van der Waals surface area (Å²) in [5.74, 6) is 0. The van der Waals surface area contributed by atoms with E-state index in [-0.39, 0.29) is 12.2 Å². The largest absolute Gasteiger partial charge is 0.472 e. The van der Waals surface area contributed by atoms with E-state index < -0.39 is 7.82 Å². The molecule has 0 fully saturated rings. The third kappa shape index (κ3) is 14.9. The maximum absolute atomic E-state index is 12.3. The molecule has 4 nitrogen and oxygen atoms in total. The Morgan fingerprint density at radius 1 is 0.680 bits per heavy atom. The first-order valence-electron chi connectivity index (χ1n) is 10.7. The van der Waals surface area contributed by atoms with Crippen LogP contribution in [0.5, 0.6) is 0 Å². The van der Waals surface area contributed by atoms with E-state index in [1.807, 2.05) is 13.8 Å². The molecule has 0 aromatic rings. The summed E-state index contributed by atoms with van der Waals surface area (Å²) in [6.07, 6.45) is 14.7. The number of unbranched alkanes of at least 4 members (excludes halogenated alkanes) is 8. The number of phosphoric ester groups is 1. The highest BCUT2D eigenvalue weighted by atomic mass is 31.2. The Morgan fingerprint density at radius 3 is 1.36 bits per heavy atom. The molecule has 0 spiro atoms. The van der Waals surface area contributed by atoms with E-state index in [1.165, 1.54) is 51.4 Å². The van der Waals surface area contributed by atoms with Crippen LogP contribution in [-0.2, 0) is 13.6 Å². The van der Waals surface area contributed by atoms with Gasteiger partial charge in [-0.1, -0.05) is 91.9 Å². The van der Waals surface area contributed by atoms with Crippen molar-refractivity contribution in [3.8, 4) is 0 Å². The molecule has 2 unspecified atom stereocenters. The maximum atomic E-state index is 12.3. The van der Waals surface area contributed by atoms with Gasteiger partial charge in [0.15, 0.2) is 0 Å². The van der Waals surface area contributed by atoms with Gasteiger partial charge in [-0.05, 0) is 25.7 Å². The second kappa shape index (κ2) is 16.3. The molecule has 2 atom stereocenters. The van der Waals surface area contributed by atoms with Gasteiger partial charge in [0.05, 0.1) is 12.2 Å². The van der Waals surface area contributed by atoms with Gasteiger partial charge in [-0.3, -0.25) is 9.05 Å². The minimum atomic E-state index is -3.96. The van der Waals surface area contributed by atoms with Crippen LogP contribution in [0.3, 0.4) is 0 Å². The van der Waals surface area contributed by atoms with Gasteiger partial charge in [0, 0.05) is 0 Å². The first kappa shape index (κ1) is 25.1. The SMILES string of the molecule is CCCCCCCC(CC)OP(=O)(O)OC(CC)CCCCCCC. The zero-order chi connectivity index (χ0) is 19.0. The van der Waals surface area contributed by atoms with E-state index in [0.717, 1.165) is 38.5 Å². The smallest absolute Gasteiger partial charge is 0.302 e. The molecule has 25 heavy (non-hydrogen) atoms. The Balaban J connectivity index is 4.15. The van der Waals surface area contributed by atoms with Crippen molar-refractivity contribution in [3.05, 3.63) is 0 Å². The molecule has 0 aromatic carbocycles. The Bertz CT molecular complexity index is 308. The van der Waals surface area contributed by atoms with Gasteiger partial charge in [-0.2, -0.15) is 0 Å². The van der Waals surface area contributed by atoms with Crippen molar-refractivity contribution in [1.29, 1.82) is 0 Å². The maximum Gasteiger partial charge on any atom is 0.472 e. The lowest BCUT2D eigenvalue weighted by Gasteiger charge is -2.23. The topological polar surface area (TPSA) is 55.8 Å². The quantitative estimate of drug-likeness (QED) is 0.199. The summed E-state index contributed by atoms with van der Waals surface area (Å²) in [5, 5.41) is 0. The van der Waals surface area contributed by atoms with E-state index in [1.54, 1.807) is 0 Å². The van der Waals surface area contributed by atoms with Crippen LogP contribution in [0, 0.1) is 0 Å². The van der Waals surface area contributed by atoms with Crippen molar-refractivity contribution in [2.45, 2.75) is 130 Å². The molecule has 0 saturated heterocycles. The molecule has 0 saturated carbocycles. The van der Waals surface area contributed by atoms with Crippen molar-refractivity contribution in [2.24, 2.45) is 0 Å². The molecule has 0 aliphatic carbocycles. The average Bonchev–Trinajstić information content (AvgIpc) is 2.59. The van der Waals surface area contributed by atoms with Gasteiger partial charge < -0.3 is 4.89 Å².